The Balaban J connectivity index is 1.48. The second kappa shape index (κ2) is 8.17. The number of carbonyl (C=O) groups is 2. The predicted molar refractivity (Wildman–Crippen MR) is 85.6 cm³/mol. The average Bonchev–Trinajstić information content (AvgIpc) is 3.07. The molecule has 2 N–H and O–H groups in total. The van der Waals surface area contributed by atoms with Crippen molar-refractivity contribution < 1.29 is 33.6 Å². The molecule has 0 unspecified atom stereocenters. The first-order valence-electron chi connectivity index (χ1n) is 8.21. The van der Waals surface area contributed by atoms with E-state index in [0.717, 1.165) is 5.56 Å². The fourth-order valence-electron chi connectivity index (χ4n) is 2.85. The summed E-state index contributed by atoms with van der Waals surface area (Å²) in [5.41, 5.74) is 0.991. The Morgan fingerprint density at radius 3 is 2.96 bits per heavy atom. The maximum absolute atomic E-state index is 12.2. The summed E-state index contributed by atoms with van der Waals surface area (Å²) in [6.45, 7) is 0.610. The first-order valence-corrected chi connectivity index (χ1v) is 8.21. The van der Waals surface area contributed by atoms with Crippen molar-refractivity contribution in [1.82, 2.24) is 5.32 Å². The number of rotatable bonds is 7. The monoisotopic (exact) mass is 351 g/mol. The first kappa shape index (κ1) is 17.5. The highest BCUT2D eigenvalue weighted by Gasteiger charge is 2.28. The van der Waals surface area contributed by atoms with E-state index < -0.39 is 18.7 Å². The smallest absolute Gasteiger partial charge is 0.329 e. The van der Waals surface area contributed by atoms with Crippen LogP contribution >= 0.6 is 0 Å². The van der Waals surface area contributed by atoms with E-state index in [9.17, 15) is 9.59 Å². The minimum Gasteiger partial charge on any atom is -0.480 e. The zero-order chi connectivity index (χ0) is 17.6. The highest BCUT2D eigenvalue weighted by atomic mass is 16.7. The maximum atomic E-state index is 12.2. The minimum atomic E-state index is -1.04. The summed E-state index contributed by atoms with van der Waals surface area (Å²) in [4.78, 5) is 22.9. The molecule has 1 aromatic rings. The van der Waals surface area contributed by atoms with E-state index >= 15 is 0 Å². The second-order valence-electron chi connectivity index (χ2n) is 5.97. The van der Waals surface area contributed by atoms with Gasteiger partial charge >= 0.3 is 5.97 Å². The number of amides is 1. The minimum absolute atomic E-state index is 0.103. The van der Waals surface area contributed by atoms with Crippen molar-refractivity contribution in [1.29, 1.82) is 0 Å². The number of aryl methyl sites for hydroxylation is 1. The molecule has 2 atom stereocenters. The van der Waals surface area contributed by atoms with Crippen LogP contribution in [0.25, 0.3) is 0 Å². The number of aliphatic carboxylic acids is 1. The zero-order valence-electron chi connectivity index (χ0n) is 13.7. The van der Waals surface area contributed by atoms with Gasteiger partial charge in [0.15, 0.2) is 11.5 Å². The van der Waals surface area contributed by atoms with E-state index in [-0.39, 0.29) is 25.3 Å². The van der Waals surface area contributed by atoms with Gasteiger partial charge in [-0.3, -0.25) is 4.79 Å². The maximum Gasteiger partial charge on any atom is 0.329 e. The Morgan fingerprint density at radius 2 is 2.12 bits per heavy atom. The van der Waals surface area contributed by atoms with Crippen LogP contribution in [0.15, 0.2) is 18.2 Å². The molecule has 25 heavy (non-hydrogen) atoms. The van der Waals surface area contributed by atoms with Gasteiger partial charge in [-0.25, -0.2) is 4.79 Å². The third kappa shape index (κ3) is 4.83. The van der Waals surface area contributed by atoms with Crippen LogP contribution in [0.4, 0.5) is 0 Å². The van der Waals surface area contributed by atoms with Crippen molar-refractivity contribution in [3.8, 4) is 11.5 Å². The van der Waals surface area contributed by atoms with Crippen LogP contribution in [0.2, 0.25) is 0 Å². The lowest BCUT2D eigenvalue weighted by Gasteiger charge is -2.31. The van der Waals surface area contributed by atoms with E-state index in [0.29, 0.717) is 37.4 Å². The SMILES string of the molecule is O=C(O)CO[C@@H]1COCC[C@H]1NC(=O)CCc1ccc2c(c1)OCO2. The number of ether oxygens (including phenoxy) is 4. The summed E-state index contributed by atoms with van der Waals surface area (Å²) in [6, 6.07) is 5.39. The summed E-state index contributed by atoms with van der Waals surface area (Å²) in [7, 11) is 0. The molecule has 0 radical (unpaired) electrons. The van der Waals surface area contributed by atoms with Gasteiger partial charge in [0.2, 0.25) is 12.7 Å². The van der Waals surface area contributed by atoms with E-state index in [2.05, 4.69) is 5.32 Å². The van der Waals surface area contributed by atoms with Crippen LogP contribution < -0.4 is 14.8 Å². The summed E-state index contributed by atoms with van der Waals surface area (Å²) >= 11 is 0. The van der Waals surface area contributed by atoms with E-state index in [1.165, 1.54) is 0 Å². The molecule has 0 bridgehead atoms. The molecule has 8 heteroatoms. The molecule has 2 aliphatic heterocycles. The largest absolute Gasteiger partial charge is 0.480 e. The zero-order valence-corrected chi connectivity index (χ0v) is 13.7. The highest BCUT2D eigenvalue weighted by molar-refractivity contribution is 5.76. The molecule has 1 amide bonds. The fraction of sp³-hybridized carbons (Fsp3) is 0.529. The molecule has 2 aliphatic rings. The van der Waals surface area contributed by atoms with Gasteiger partial charge in [0.05, 0.1) is 12.6 Å². The second-order valence-corrected chi connectivity index (χ2v) is 5.97. The van der Waals surface area contributed by atoms with Gasteiger partial charge in [0.25, 0.3) is 0 Å². The van der Waals surface area contributed by atoms with Crippen LogP contribution in [0, 0.1) is 0 Å². The summed E-state index contributed by atoms with van der Waals surface area (Å²) in [6.07, 6.45) is 1.05. The van der Waals surface area contributed by atoms with Crippen LogP contribution in [-0.2, 0) is 25.5 Å². The molecule has 1 saturated heterocycles. The lowest BCUT2D eigenvalue weighted by Crippen LogP contribution is -2.50. The van der Waals surface area contributed by atoms with E-state index in [1.54, 1.807) is 0 Å². The lowest BCUT2D eigenvalue weighted by molar-refractivity contribution is -0.149. The Labute approximate surface area is 145 Å². The molecular weight excluding hydrogens is 330 g/mol. The van der Waals surface area contributed by atoms with Gasteiger partial charge in [0.1, 0.15) is 12.7 Å². The van der Waals surface area contributed by atoms with E-state index in [1.807, 2.05) is 18.2 Å². The number of benzene rings is 1. The van der Waals surface area contributed by atoms with Crippen molar-refractivity contribution in [2.45, 2.75) is 31.4 Å². The molecule has 3 rings (SSSR count). The highest BCUT2D eigenvalue weighted by Crippen LogP contribution is 2.32. The Morgan fingerprint density at radius 1 is 1.28 bits per heavy atom. The van der Waals surface area contributed by atoms with Crippen LogP contribution in [-0.4, -0.2) is 55.7 Å². The van der Waals surface area contributed by atoms with Crippen LogP contribution in [0.5, 0.6) is 11.5 Å². The van der Waals surface area contributed by atoms with Crippen molar-refractivity contribution in [3.05, 3.63) is 23.8 Å². The van der Waals surface area contributed by atoms with Crippen molar-refractivity contribution >= 4 is 11.9 Å². The van der Waals surface area contributed by atoms with Crippen molar-refractivity contribution in [3.63, 3.8) is 0 Å². The molecule has 0 aromatic heterocycles. The lowest BCUT2D eigenvalue weighted by atomic mass is 10.0. The molecule has 0 aliphatic carbocycles. The van der Waals surface area contributed by atoms with Crippen LogP contribution in [0.1, 0.15) is 18.4 Å². The third-order valence-corrected chi connectivity index (χ3v) is 4.15. The first-order chi connectivity index (χ1) is 12.1. The summed E-state index contributed by atoms with van der Waals surface area (Å²) in [5, 5.41) is 11.6. The normalized spacial score (nSPS) is 21.8. The number of nitrogens with one attached hydrogen (secondary N) is 1. The Hall–Kier alpha value is -2.32. The molecular formula is C17H21NO7. The number of carboxylic acids is 1. The number of carboxylic acid groups (broad SMARTS) is 1. The number of carbonyl (C=O) groups excluding carboxylic acids is 1. The predicted octanol–water partition coefficient (Wildman–Crippen LogP) is 0.723. The average molecular weight is 351 g/mol. The molecule has 0 spiro atoms. The van der Waals surface area contributed by atoms with Gasteiger partial charge in [-0.2, -0.15) is 0 Å². The number of hydrogen-bond donors (Lipinski definition) is 2. The Bertz CT molecular complexity index is 633. The van der Waals surface area contributed by atoms with Gasteiger partial charge in [-0.15, -0.1) is 0 Å². The molecule has 1 aromatic carbocycles. The van der Waals surface area contributed by atoms with E-state index in [4.69, 9.17) is 24.1 Å². The fourth-order valence-corrected chi connectivity index (χ4v) is 2.85. The molecule has 2 heterocycles. The van der Waals surface area contributed by atoms with Gasteiger partial charge in [-0.1, -0.05) is 6.07 Å². The van der Waals surface area contributed by atoms with Gasteiger partial charge in [0, 0.05) is 13.0 Å². The quantitative estimate of drug-likeness (QED) is 0.746. The molecule has 0 saturated carbocycles. The number of hydrogen-bond acceptors (Lipinski definition) is 6. The molecule has 136 valence electrons. The van der Waals surface area contributed by atoms with Gasteiger partial charge < -0.3 is 29.4 Å². The standard InChI is InChI=1S/C17H21NO7/c19-16(4-2-11-1-3-13-14(7-11)25-10-24-13)18-12-5-6-22-8-15(12)23-9-17(20)21/h1,3,7,12,15H,2,4-6,8-10H2,(H,18,19)(H,20,21)/t12-,15-/m1/s1. The Kier molecular flexibility index (Phi) is 5.72. The summed E-state index contributed by atoms with van der Waals surface area (Å²) < 4.78 is 21.2. The van der Waals surface area contributed by atoms with Crippen molar-refractivity contribution in [2.75, 3.05) is 26.6 Å². The van der Waals surface area contributed by atoms with Crippen LogP contribution in [0.3, 0.4) is 0 Å². The molecule has 8 nitrogen and oxygen atoms in total. The van der Waals surface area contributed by atoms with Gasteiger partial charge in [-0.05, 0) is 30.5 Å². The van der Waals surface area contributed by atoms with Crippen molar-refractivity contribution in [2.24, 2.45) is 0 Å². The molecule has 1 fully saturated rings. The third-order valence-electron chi connectivity index (χ3n) is 4.15. The number of fused-ring (bicyclic) bond motifs is 1. The summed E-state index contributed by atoms with van der Waals surface area (Å²) in [5.74, 6) is 0.269. The topological polar surface area (TPSA) is 103 Å².